The molecule has 138 valence electrons. The smallest absolute Gasteiger partial charge is 0.224 e. The van der Waals surface area contributed by atoms with Crippen LogP contribution in [0.1, 0.15) is 30.0 Å². The number of nitrogens with zero attached hydrogens (tertiary/aromatic N) is 1. The van der Waals surface area contributed by atoms with Crippen molar-refractivity contribution in [3.63, 3.8) is 0 Å². The molecule has 1 aromatic heterocycles. The van der Waals surface area contributed by atoms with E-state index in [-0.39, 0.29) is 24.0 Å². The lowest BCUT2D eigenvalue weighted by Crippen LogP contribution is -2.41. The van der Waals surface area contributed by atoms with Gasteiger partial charge in [-0.3, -0.25) is 4.79 Å². The van der Waals surface area contributed by atoms with Crippen LogP contribution in [0.15, 0.2) is 42.6 Å². The molecule has 6 heteroatoms. The number of nitrogens with one attached hydrogen (secondary N) is 1. The molecule has 1 atom stereocenters. The second kappa shape index (κ2) is 8.19. The Morgan fingerprint density at radius 3 is 2.46 bits per heavy atom. The van der Waals surface area contributed by atoms with Crippen LogP contribution in [0.25, 0.3) is 0 Å². The molecule has 2 aromatic rings. The Labute approximate surface area is 153 Å². The van der Waals surface area contributed by atoms with Crippen LogP contribution in [0.5, 0.6) is 11.6 Å². The first-order valence-electron chi connectivity index (χ1n) is 8.69. The average molecular weight is 356 g/mol. The van der Waals surface area contributed by atoms with Gasteiger partial charge < -0.3 is 19.9 Å². The summed E-state index contributed by atoms with van der Waals surface area (Å²) in [5, 5.41) is 12.8. The SMILES string of the molecule is COc1ccc(CC(=O)N[C@@H](c2ccc(OC)nc2)C2CC(O)C2)cc1. The van der Waals surface area contributed by atoms with Crippen molar-refractivity contribution in [3.8, 4) is 11.6 Å². The van der Waals surface area contributed by atoms with Gasteiger partial charge in [-0.25, -0.2) is 4.98 Å². The van der Waals surface area contributed by atoms with Crippen LogP contribution in [-0.4, -0.2) is 36.3 Å². The summed E-state index contributed by atoms with van der Waals surface area (Å²) in [7, 11) is 3.18. The van der Waals surface area contributed by atoms with Gasteiger partial charge in [0.15, 0.2) is 0 Å². The van der Waals surface area contributed by atoms with E-state index in [2.05, 4.69) is 10.3 Å². The van der Waals surface area contributed by atoms with Gasteiger partial charge >= 0.3 is 0 Å². The first-order chi connectivity index (χ1) is 12.6. The zero-order chi connectivity index (χ0) is 18.5. The fourth-order valence-electron chi connectivity index (χ4n) is 3.23. The number of aliphatic hydroxyl groups is 1. The molecule has 0 radical (unpaired) electrons. The summed E-state index contributed by atoms with van der Waals surface area (Å²) in [5.41, 5.74) is 1.84. The number of ether oxygens (including phenoxy) is 2. The lowest BCUT2D eigenvalue weighted by molar-refractivity contribution is -0.122. The van der Waals surface area contributed by atoms with Gasteiger partial charge in [-0.1, -0.05) is 18.2 Å². The molecule has 1 amide bonds. The minimum absolute atomic E-state index is 0.0580. The summed E-state index contributed by atoms with van der Waals surface area (Å²) >= 11 is 0. The predicted molar refractivity (Wildman–Crippen MR) is 97.1 cm³/mol. The molecule has 1 heterocycles. The fraction of sp³-hybridized carbons (Fsp3) is 0.400. The molecular formula is C20H24N2O4. The normalized spacial score (nSPS) is 20.0. The van der Waals surface area contributed by atoms with E-state index in [1.165, 1.54) is 0 Å². The molecule has 6 nitrogen and oxygen atoms in total. The minimum atomic E-state index is -0.285. The molecule has 0 unspecified atom stereocenters. The van der Waals surface area contributed by atoms with Crippen molar-refractivity contribution in [2.75, 3.05) is 14.2 Å². The van der Waals surface area contributed by atoms with E-state index in [9.17, 15) is 9.90 Å². The zero-order valence-electron chi connectivity index (χ0n) is 15.0. The van der Waals surface area contributed by atoms with Crippen LogP contribution in [0.4, 0.5) is 0 Å². The highest BCUT2D eigenvalue weighted by Crippen LogP contribution is 2.38. The van der Waals surface area contributed by atoms with Crippen LogP contribution < -0.4 is 14.8 Å². The molecule has 1 saturated carbocycles. The third-order valence-electron chi connectivity index (χ3n) is 4.79. The van der Waals surface area contributed by atoms with E-state index in [1.54, 1.807) is 26.5 Å². The number of amides is 1. The molecule has 0 spiro atoms. The molecule has 2 N–H and O–H groups in total. The summed E-state index contributed by atoms with van der Waals surface area (Å²) < 4.78 is 10.2. The zero-order valence-corrected chi connectivity index (χ0v) is 15.0. The monoisotopic (exact) mass is 356 g/mol. The second-order valence-corrected chi connectivity index (χ2v) is 6.59. The first-order valence-corrected chi connectivity index (χ1v) is 8.69. The Morgan fingerprint density at radius 2 is 1.92 bits per heavy atom. The third-order valence-corrected chi connectivity index (χ3v) is 4.79. The van der Waals surface area contributed by atoms with E-state index < -0.39 is 0 Å². The number of carbonyl (C=O) groups excluding carboxylic acids is 1. The largest absolute Gasteiger partial charge is 0.497 e. The van der Waals surface area contributed by atoms with Crippen LogP contribution >= 0.6 is 0 Å². The summed E-state index contributed by atoms with van der Waals surface area (Å²) in [5.74, 6) is 1.45. The van der Waals surface area contributed by atoms with Crippen molar-refractivity contribution in [3.05, 3.63) is 53.7 Å². The molecule has 0 aliphatic heterocycles. The number of carbonyl (C=O) groups is 1. The number of hydrogen-bond acceptors (Lipinski definition) is 5. The maximum atomic E-state index is 12.5. The highest BCUT2D eigenvalue weighted by Gasteiger charge is 2.35. The van der Waals surface area contributed by atoms with Crippen molar-refractivity contribution in [1.29, 1.82) is 0 Å². The van der Waals surface area contributed by atoms with E-state index in [0.717, 1.165) is 16.9 Å². The van der Waals surface area contributed by atoms with Gasteiger partial charge in [-0.15, -0.1) is 0 Å². The Kier molecular flexibility index (Phi) is 5.73. The van der Waals surface area contributed by atoms with Crippen LogP contribution in [0.2, 0.25) is 0 Å². The number of benzene rings is 1. The molecule has 26 heavy (non-hydrogen) atoms. The molecule has 0 bridgehead atoms. The Morgan fingerprint density at radius 1 is 1.19 bits per heavy atom. The van der Waals surface area contributed by atoms with Crippen molar-refractivity contribution in [2.24, 2.45) is 5.92 Å². The van der Waals surface area contributed by atoms with Gasteiger partial charge in [-0.2, -0.15) is 0 Å². The fourth-order valence-corrected chi connectivity index (χ4v) is 3.23. The van der Waals surface area contributed by atoms with Crippen molar-refractivity contribution in [1.82, 2.24) is 10.3 Å². The second-order valence-electron chi connectivity index (χ2n) is 6.59. The Bertz CT molecular complexity index is 724. The van der Waals surface area contributed by atoms with E-state index in [4.69, 9.17) is 9.47 Å². The standard InChI is InChI=1S/C20H24N2O4/c1-25-17-6-3-13(4-7-17)9-18(24)22-20(15-10-16(23)11-15)14-5-8-19(26-2)21-12-14/h3-8,12,15-16,20,23H,9-11H2,1-2H3,(H,22,24)/t15?,16?,20-/m0/s1. The first kappa shape index (κ1) is 18.2. The van der Waals surface area contributed by atoms with Gasteiger partial charge in [0.1, 0.15) is 5.75 Å². The summed E-state index contributed by atoms with van der Waals surface area (Å²) in [6.07, 6.45) is 3.09. The summed E-state index contributed by atoms with van der Waals surface area (Å²) in [4.78, 5) is 16.8. The van der Waals surface area contributed by atoms with Gasteiger partial charge in [-0.05, 0) is 42.0 Å². The molecule has 1 aliphatic carbocycles. The van der Waals surface area contributed by atoms with Gasteiger partial charge in [0, 0.05) is 12.3 Å². The average Bonchev–Trinajstić information content (AvgIpc) is 2.64. The maximum absolute atomic E-state index is 12.5. The highest BCUT2D eigenvalue weighted by atomic mass is 16.5. The van der Waals surface area contributed by atoms with Gasteiger partial charge in [0.05, 0.1) is 32.8 Å². The number of rotatable bonds is 7. The minimum Gasteiger partial charge on any atom is -0.497 e. The maximum Gasteiger partial charge on any atom is 0.224 e. The van der Waals surface area contributed by atoms with E-state index in [0.29, 0.717) is 25.1 Å². The molecule has 0 saturated heterocycles. The predicted octanol–water partition coefficient (Wildman–Crippen LogP) is 2.27. The third kappa shape index (κ3) is 4.32. The van der Waals surface area contributed by atoms with E-state index >= 15 is 0 Å². The molecule has 1 aliphatic rings. The molecule has 1 fully saturated rings. The Hall–Kier alpha value is -2.60. The van der Waals surface area contributed by atoms with Crippen LogP contribution in [0, 0.1) is 5.92 Å². The molecule has 3 rings (SSSR count). The number of aliphatic hydroxyl groups excluding tert-OH is 1. The molecular weight excluding hydrogens is 332 g/mol. The van der Waals surface area contributed by atoms with Crippen LogP contribution in [-0.2, 0) is 11.2 Å². The van der Waals surface area contributed by atoms with Crippen molar-refractivity contribution in [2.45, 2.75) is 31.4 Å². The van der Waals surface area contributed by atoms with Gasteiger partial charge in [0.2, 0.25) is 11.8 Å². The quantitative estimate of drug-likeness (QED) is 0.795. The number of pyridine rings is 1. The lowest BCUT2D eigenvalue weighted by atomic mass is 9.75. The lowest BCUT2D eigenvalue weighted by Gasteiger charge is -2.38. The van der Waals surface area contributed by atoms with E-state index in [1.807, 2.05) is 30.3 Å². The number of aromatic nitrogens is 1. The molecule has 1 aromatic carbocycles. The highest BCUT2D eigenvalue weighted by molar-refractivity contribution is 5.79. The number of hydrogen-bond donors (Lipinski definition) is 2. The van der Waals surface area contributed by atoms with Crippen molar-refractivity contribution >= 4 is 5.91 Å². The summed E-state index contributed by atoms with van der Waals surface area (Å²) in [6, 6.07) is 11.0. The van der Waals surface area contributed by atoms with Gasteiger partial charge in [0.25, 0.3) is 0 Å². The topological polar surface area (TPSA) is 80.7 Å². The number of methoxy groups -OCH3 is 2. The summed E-state index contributed by atoms with van der Waals surface area (Å²) in [6.45, 7) is 0. The Balaban J connectivity index is 1.68. The van der Waals surface area contributed by atoms with Crippen LogP contribution in [0.3, 0.4) is 0 Å². The van der Waals surface area contributed by atoms with Crippen molar-refractivity contribution < 1.29 is 19.4 Å².